The largest absolute Gasteiger partial charge is 0.478 e. The van der Waals surface area contributed by atoms with E-state index in [1.807, 2.05) is 24.3 Å². The maximum absolute atomic E-state index is 11.7. The first-order chi connectivity index (χ1) is 17.7. The molecule has 0 atom stereocenters. The van der Waals surface area contributed by atoms with Crippen LogP contribution in [0.4, 0.5) is 0 Å². The number of aromatic carboxylic acids is 4. The van der Waals surface area contributed by atoms with Gasteiger partial charge in [0, 0.05) is 0 Å². The van der Waals surface area contributed by atoms with Gasteiger partial charge in [-0.05, 0) is 51.9 Å². The molecule has 0 bridgehead atoms. The molecule has 0 heterocycles. The molecule has 184 valence electrons. The van der Waals surface area contributed by atoms with Crippen LogP contribution in [0.5, 0.6) is 0 Å². The maximum atomic E-state index is 11.7. The molecule has 0 saturated carbocycles. The molecule has 37 heavy (non-hydrogen) atoms. The Morgan fingerprint density at radius 1 is 0.459 bits per heavy atom. The second-order valence-electron chi connectivity index (χ2n) is 8.25. The van der Waals surface area contributed by atoms with Crippen molar-refractivity contribution in [3.63, 3.8) is 0 Å². The molecule has 4 aromatic carbocycles. The first-order valence-corrected chi connectivity index (χ1v) is 11.0. The van der Waals surface area contributed by atoms with Gasteiger partial charge in [-0.2, -0.15) is 0 Å². The Morgan fingerprint density at radius 2 is 0.811 bits per heavy atom. The molecule has 0 fully saturated rings. The first-order valence-electron chi connectivity index (χ1n) is 11.0. The highest BCUT2D eigenvalue weighted by Crippen LogP contribution is 2.29. The summed E-state index contributed by atoms with van der Waals surface area (Å²) < 4.78 is 0. The predicted octanol–water partition coefficient (Wildman–Crippen LogP) is 5.40. The fourth-order valence-corrected chi connectivity index (χ4v) is 4.24. The van der Waals surface area contributed by atoms with Crippen LogP contribution in [0, 0.1) is 0 Å². The van der Waals surface area contributed by atoms with Crippen molar-refractivity contribution in [2.75, 3.05) is 0 Å². The molecule has 4 rings (SSSR count). The van der Waals surface area contributed by atoms with E-state index in [9.17, 15) is 39.6 Å². The minimum atomic E-state index is -1.32. The molecule has 0 unspecified atom stereocenters. The SMILES string of the molecule is O=C(O)c1cccc(-c2ccc(Cc3ccc(-c4cccc(C(=O)O)c4C(=O)O)cc3)cc2)c1C(=O)O. The van der Waals surface area contributed by atoms with Gasteiger partial charge in [-0.25, -0.2) is 19.2 Å². The Bertz CT molecular complexity index is 1420. The smallest absolute Gasteiger partial charge is 0.337 e. The predicted molar refractivity (Wildman–Crippen MR) is 134 cm³/mol. The fraction of sp³-hybridized carbons (Fsp3) is 0.0345. The minimum Gasteiger partial charge on any atom is -0.478 e. The molecule has 0 aliphatic carbocycles. The zero-order valence-electron chi connectivity index (χ0n) is 19.2. The van der Waals surface area contributed by atoms with Crippen LogP contribution in [0.15, 0.2) is 84.9 Å². The lowest BCUT2D eigenvalue weighted by atomic mass is 9.93. The van der Waals surface area contributed by atoms with Gasteiger partial charge in [0.2, 0.25) is 0 Å². The van der Waals surface area contributed by atoms with E-state index in [0.717, 1.165) is 11.1 Å². The van der Waals surface area contributed by atoms with Crippen molar-refractivity contribution in [3.8, 4) is 22.3 Å². The topological polar surface area (TPSA) is 149 Å². The van der Waals surface area contributed by atoms with E-state index >= 15 is 0 Å². The fourth-order valence-electron chi connectivity index (χ4n) is 4.24. The summed E-state index contributed by atoms with van der Waals surface area (Å²) in [4.78, 5) is 46.4. The molecule has 8 heteroatoms. The lowest BCUT2D eigenvalue weighted by Crippen LogP contribution is -2.09. The van der Waals surface area contributed by atoms with Crippen LogP contribution >= 0.6 is 0 Å². The first kappa shape index (κ1) is 24.9. The molecular weight excluding hydrogens is 476 g/mol. The number of rotatable bonds is 8. The minimum absolute atomic E-state index is 0.272. The highest BCUT2D eigenvalue weighted by Gasteiger charge is 2.22. The second-order valence-corrected chi connectivity index (χ2v) is 8.25. The van der Waals surface area contributed by atoms with E-state index in [1.165, 1.54) is 24.3 Å². The third-order valence-electron chi connectivity index (χ3n) is 5.96. The quantitative estimate of drug-likeness (QED) is 0.253. The van der Waals surface area contributed by atoms with Gasteiger partial charge >= 0.3 is 23.9 Å². The zero-order valence-corrected chi connectivity index (χ0v) is 19.2. The molecule has 8 nitrogen and oxygen atoms in total. The summed E-state index contributed by atoms with van der Waals surface area (Å²) >= 11 is 0. The van der Waals surface area contributed by atoms with Gasteiger partial charge in [-0.1, -0.05) is 72.8 Å². The van der Waals surface area contributed by atoms with Crippen LogP contribution in [0.3, 0.4) is 0 Å². The summed E-state index contributed by atoms with van der Waals surface area (Å²) in [6.45, 7) is 0. The van der Waals surface area contributed by atoms with Gasteiger partial charge < -0.3 is 20.4 Å². The van der Waals surface area contributed by atoms with E-state index in [-0.39, 0.29) is 22.3 Å². The van der Waals surface area contributed by atoms with Crippen molar-refractivity contribution >= 4 is 23.9 Å². The van der Waals surface area contributed by atoms with E-state index < -0.39 is 23.9 Å². The van der Waals surface area contributed by atoms with Gasteiger partial charge in [0.25, 0.3) is 0 Å². The molecule has 0 aliphatic rings. The van der Waals surface area contributed by atoms with Gasteiger partial charge in [0.05, 0.1) is 22.3 Å². The van der Waals surface area contributed by atoms with Crippen LogP contribution in [-0.2, 0) is 6.42 Å². The Hall–Kier alpha value is -5.24. The zero-order chi connectivity index (χ0) is 26.7. The molecule has 4 N–H and O–H groups in total. The average molecular weight is 496 g/mol. The van der Waals surface area contributed by atoms with Crippen LogP contribution in [-0.4, -0.2) is 44.3 Å². The number of carboxylic acid groups (broad SMARTS) is 4. The summed E-state index contributed by atoms with van der Waals surface area (Å²) in [6, 6.07) is 22.8. The summed E-state index contributed by atoms with van der Waals surface area (Å²) in [5.74, 6) is -5.27. The summed E-state index contributed by atoms with van der Waals surface area (Å²) in [6.07, 6.45) is 0.530. The van der Waals surface area contributed by atoms with Gasteiger partial charge in [-0.15, -0.1) is 0 Å². The maximum Gasteiger partial charge on any atom is 0.337 e. The Labute approximate surface area is 210 Å². The summed E-state index contributed by atoms with van der Waals surface area (Å²) in [5, 5.41) is 37.8. The molecule has 0 aliphatic heterocycles. The number of benzene rings is 4. The molecule has 0 amide bonds. The van der Waals surface area contributed by atoms with Crippen molar-refractivity contribution < 1.29 is 39.6 Å². The molecule has 0 aromatic heterocycles. The molecule has 0 radical (unpaired) electrons. The summed E-state index contributed by atoms with van der Waals surface area (Å²) in [5.41, 5.74) is 2.48. The number of carboxylic acids is 4. The van der Waals surface area contributed by atoms with E-state index in [0.29, 0.717) is 28.7 Å². The van der Waals surface area contributed by atoms with Gasteiger partial charge in [0.1, 0.15) is 0 Å². The van der Waals surface area contributed by atoms with Crippen LogP contribution in [0.25, 0.3) is 22.3 Å². The van der Waals surface area contributed by atoms with Crippen molar-refractivity contribution in [2.24, 2.45) is 0 Å². The van der Waals surface area contributed by atoms with E-state index in [4.69, 9.17) is 0 Å². The Balaban J connectivity index is 1.59. The van der Waals surface area contributed by atoms with E-state index in [1.54, 1.807) is 36.4 Å². The van der Waals surface area contributed by atoms with Crippen LogP contribution in [0.1, 0.15) is 52.6 Å². The standard InChI is InChI=1S/C29H20O8/c30-26(31)22-5-1-3-20(24(22)28(34)35)18-11-7-16(8-12-18)15-17-9-13-19(14-10-17)21-4-2-6-23(27(32)33)25(21)29(36)37/h1-14H,15H2,(H,30,31)(H,32,33)(H,34,35)(H,36,37). The Morgan fingerprint density at radius 3 is 1.11 bits per heavy atom. The molecule has 4 aromatic rings. The van der Waals surface area contributed by atoms with Gasteiger partial charge in [-0.3, -0.25) is 0 Å². The summed E-state index contributed by atoms with van der Waals surface area (Å²) in [7, 11) is 0. The van der Waals surface area contributed by atoms with Crippen molar-refractivity contribution in [3.05, 3.63) is 118 Å². The lowest BCUT2D eigenvalue weighted by Gasteiger charge is -2.11. The van der Waals surface area contributed by atoms with Crippen LogP contribution in [0.2, 0.25) is 0 Å². The highest BCUT2D eigenvalue weighted by molar-refractivity contribution is 6.07. The Kier molecular flexibility index (Phi) is 6.84. The lowest BCUT2D eigenvalue weighted by molar-refractivity contribution is 0.0652. The highest BCUT2D eigenvalue weighted by atomic mass is 16.4. The van der Waals surface area contributed by atoms with Gasteiger partial charge in [0.15, 0.2) is 0 Å². The normalized spacial score (nSPS) is 10.6. The third-order valence-corrected chi connectivity index (χ3v) is 5.96. The molecular formula is C29H20O8. The van der Waals surface area contributed by atoms with Crippen LogP contribution < -0.4 is 0 Å². The van der Waals surface area contributed by atoms with Crippen molar-refractivity contribution in [2.45, 2.75) is 6.42 Å². The third kappa shape index (κ3) is 5.08. The molecule has 0 spiro atoms. The monoisotopic (exact) mass is 496 g/mol. The van der Waals surface area contributed by atoms with Crippen molar-refractivity contribution in [1.82, 2.24) is 0 Å². The number of hydrogen-bond acceptors (Lipinski definition) is 4. The number of hydrogen-bond donors (Lipinski definition) is 4. The van der Waals surface area contributed by atoms with Crippen molar-refractivity contribution in [1.29, 1.82) is 0 Å². The van der Waals surface area contributed by atoms with E-state index in [2.05, 4.69) is 0 Å². The molecule has 0 saturated heterocycles. The second kappa shape index (κ2) is 10.2. The average Bonchev–Trinajstić information content (AvgIpc) is 2.88. The number of carbonyl (C=O) groups is 4.